The molecule has 24 heavy (non-hydrogen) atoms. The molecule has 140 valence electrons. The van der Waals surface area contributed by atoms with Crippen LogP contribution in [0.4, 0.5) is 0 Å². The Morgan fingerprint density at radius 2 is 1.25 bits per heavy atom. The largest absolute Gasteiger partial charge is 0.466 e. The van der Waals surface area contributed by atoms with Crippen LogP contribution in [-0.4, -0.2) is 54.2 Å². The molecule has 8 nitrogen and oxygen atoms in total. The van der Waals surface area contributed by atoms with Gasteiger partial charge in [-0.25, -0.2) is 0 Å². The van der Waals surface area contributed by atoms with Crippen LogP contribution < -0.4 is 0 Å². The average Bonchev–Trinajstić information content (AvgIpc) is 2.48. The lowest BCUT2D eigenvalue weighted by Gasteiger charge is -2.19. The molecule has 0 aliphatic heterocycles. The van der Waals surface area contributed by atoms with Crippen LogP contribution in [0.15, 0.2) is 0 Å². The number of hydrogen-bond donors (Lipinski definition) is 1. The number of rotatable bonds is 5. The Labute approximate surface area is 142 Å². The molecule has 0 aliphatic carbocycles. The summed E-state index contributed by atoms with van der Waals surface area (Å²) in [5.74, 6) is -3.11. The minimum absolute atomic E-state index is 0.211. The second-order valence-corrected chi connectivity index (χ2v) is 4.28. The summed E-state index contributed by atoms with van der Waals surface area (Å²) in [7, 11) is 1.00. The first-order valence-electron chi connectivity index (χ1n) is 6.98. The van der Waals surface area contributed by atoms with Gasteiger partial charge in [0.1, 0.15) is 11.7 Å². The van der Waals surface area contributed by atoms with Gasteiger partial charge >= 0.3 is 5.97 Å². The Hall–Kier alpha value is -2.22. The molecule has 0 aliphatic rings. The van der Waals surface area contributed by atoms with Crippen LogP contribution in [0.2, 0.25) is 0 Å². The van der Waals surface area contributed by atoms with Crippen molar-refractivity contribution in [3.05, 3.63) is 0 Å². The van der Waals surface area contributed by atoms with E-state index in [1.807, 2.05) is 0 Å². The standard InChI is InChI=1S/C9H12O4.C4H8O2.C2H4O.CH4O/c1-5(10)8(13)9(4,6(2)11)7(3)12;1-3-6-4(2)5;1-2-3;1-2/h1-4H3;3H2,1-2H3;2H,1H3;2H,1H3. The number of ether oxygens (including phenoxy) is 1. The maximum absolute atomic E-state index is 11.3. The van der Waals surface area contributed by atoms with Gasteiger partial charge in [-0.2, -0.15) is 0 Å². The number of aliphatic hydroxyl groups is 1. The predicted octanol–water partition coefficient (Wildman–Crippen LogP) is 0.712. The van der Waals surface area contributed by atoms with E-state index in [0.29, 0.717) is 6.61 Å². The van der Waals surface area contributed by atoms with Gasteiger partial charge in [-0.15, -0.1) is 0 Å². The van der Waals surface area contributed by atoms with E-state index in [1.54, 1.807) is 6.92 Å². The molecule has 0 aromatic rings. The predicted molar refractivity (Wildman–Crippen MR) is 87.3 cm³/mol. The molecular formula is C16H28O8. The van der Waals surface area contributed by atoms with Crippen molar-refractivity contribution in [1.29, 1.82) is 0 Å². The third-order valence-electron chi connectivity index (χ3n) is 2.53. The number of carbonyl (C=O) groups is 6. The third-order valence-corrected chi connectivity index (χ3v) is 2.53. The Balaban J connectivity index is -0.000000151. The first-order valence-corrected chi connectivity index (χ1v) is 6.98. The molecule has 0 atom stereocenters. The Morgan fingerprint density at radius 1 is 0.958 bits per heavy atom. The highest BCUT2D eigenvalue weighted by Gasteiger charge is 2.44. The summed E-state index contributed by atoms with van der Waals surface area (Å²) in [4.78, 5) is 62.7. The van der Waals surface area contributed by atoms with Gasteiger partial charge in [-0.1, -0.05) is 0 Å². The molecule has 0 saturated heterocycles. The van der Waals surface area contributed by atoms with Crippen LogP contribution in [0.25, 0.3) is 0 Å². The zero-order valence-corrected chi connectivity index (χ0v) is 15.6. The summed E-state index contributed by atoms with van der Waals surface area (Å²) in [6.07, 6.45) is 0.750. The van der Waals surface area contributed by atoms with Crippen molar-refractivity contribution < 1.29 is 38.6 Å². The number of aliphatic hydroxyl groups excluding tert-OH is 1. The maximum atomic E-state index is 11.3. The van der Waals surface area contributed by atoms with E-state index in [4.69, 9.17) is 9.90 Å². The quantitative estimate of drug-likeness (QED) is 0.332. The number of hydrogen-bond acceptors (Lipinski definition) is 8. The molecule has 1 N–H and O–H groups in total. The van der Waals surface area contributed by atoms with E-state index < -0.39 is 28.5 Å². The first-order chi connectivity index (χ1) is 10.9. The summed E-state index contributed by atoms with van der Waals surface area (Å²) in [5.41, 5.74) is -1.79. The van der Waals surface area contributed by atoms with Gasteiger partial charge in [0, 0.05) is 21.0 Å². The van der Waals surface area contributed by atoms with Crippen LogP contribution >= 0.6 is 0 Å². The normalized spacial score (nSPS) is 8.54. The van der Waals surface area contributed by atoms with Gasteiger partial charge in [-0.05, 0) is 34.6 Å². The van der Waals surface area contributed by atoms with E-state index in [2.05, 4.69) is 4.74 Å². The highest BCUT2D eigenvalue weighted by atomic mass is 16.5. The molecule has 0 bridgehead atoms. The van der Waals surface area contributed by atoms with Gasteiger partial charge in [0.05, 0.1) is 6.61 Å². The summed E-state index contributed by atoms with van der Waals surface area (Å²) >= 11 is 0. The van der Waals surface area contributed by atoms with Crippen molar-refractivity contribution in [3.63, 3.8) is 0 Å². The van der Waals surface area contributed by atoms with Crippen molar-refractivity contribution >= 4 is 35.4 Å². The molecule has 0 aromatic carbocycles. The molecule has 0 heterocycles. The van der Waals surface area contributed by atoms with Crippen LogP contribution in [0.5, 0.6) is 0 Å². The fourth-order valence-corrected chi connectivity index (χ4v) is 1.12. The Bertz CT molecular complexity index is 423. The summed E-state index contributed by atoms with van der Waals surface area (Å²) in [5, 5.41) is 7.00. The Kier molecular flexibility index (Phi) is 21.2. The molecular weight excluding hydrogens is 320 g/mol. The number of ketones is 4. The summed E-state index contributed by atoms with van der Waals surface area (Å²) in [6, 6.07) is 0. The molecule has 0 spiro atoms. The average molecular weight is 348 g/mol. The van der Waals surface area contributed by atoms with E-state index in [-0.39, 0.29) is 5.97 Å². The van der Waals surface area contributed by atoms with Gasteiger partial charge in [0.15, 0.2) is 17.3 Å². The topological polar surface area (TPSA) is 132 Å². The lowest BCUT2D eigenvalue weighted by atomic mass is 9.77. The van der Waals surface area contributed by atoms with Crippen molar-refractivity contribution in [1.82, 2.24) is 0 Å². The van der Waals surface area contributed by atoms with Gasteiger partial charge in [-0.3, -0.25) is 24.0 Å². The van der Waals surface area contributed by atoms with Gasteiger partial charge in [0.25, 0.3) is 0 Å². The number of esters is 1. The smallest absolute Gasteiger partial charge is 0.302 e. The molecule has 0 unspecified atom stereocenters. The number of Topliss-reactive ketones (excluding diaryl/α,β-unsaturated/α-hetero) is 4. The maximum Gasteiger partial charge on any atom is 0.302 e. The van der Waals surface area contributed by atoms with Crippen LogP contribution in [0.3, 0.4) is 0 Å². The minimum atomic E-state index is -1.79. The molecule has 0 amide bonds. The molecule has 0 radical (unpaired) electrons. The molecule has 0 fully saturated rings. The van der Waals surface area contributed by atoms with Gasteiger partial charge < -0.3 is 14.6 Å². The fourth-order valence-electron chi connectivity index (χ4n) is 1.12. The van der Waals surface area contributed by atoms with Crippen LogP contribution in [0.1, 0.15) is 48.5 Å². The third kappa shape index (κ3) is 13.4. The minimum Gasteiger partial charge on any atom is -0.466 e. The Morgan fingerprint density at radius 3 is 1.29 bits per heavy atom. The highest BCUT2D eigenvalue weighted by Crippen LogP contribution is 2.20. The second kappa shape index (κ2) is 17.1. The number of carbonyl (C=O) groups excluding carboxylic acids is 6. The van der Waals surface area contributed by atoms with Crippen LogP contribution in [-0.2, 0) is 33.5 Å². The lowest BCUT2D eigenvalue weighted by molar-refractivity contribution is -0.151. The van der Waals surface area contributed by atoms with Crippen molar-refractivity contribution in [2.24, 2.45) is 5.41 Å². The molecule has 0 aromatic heterocycles. The van der Waals surface area contributed by atoms with Crippen molar-refractivity contribution in [2.75, 3.05) is 13.7 Å². The fraction of sp³-hybridized carbons (Fsp3) is 0.625. The van der Waals surface area contributed by atoms with E-state index in [0.717, 1.165) is 34.2 Å². The SMILES string of the molecule is CC(=O)C(=O)C(C)(C(C)=O)C(C)=O.CC=O.CCOC(C)=O.CO. The molecule has 0 saturated carbocycles. The van der Waals surface area contributed by atoms with Crippen molar-refractivity contribution in [2.45, 2.75) is 48.5 Å². The first kappa shape index (κ1) is 29.7. The van der Waals surface area contributed by atoms with Crippen LogP contribution in [0, 0.1) is 5.41 Å². The van der Waals surface area contributed by atoms with E-state index >= 15 is 0 Å². The monoisotopic (exact) mass is 348 g/mol. The highest BCUT2D eigenvalue weighted by molar-refractivity contribution is 6.47. The second-order valence-electron chi connectivity index (χ2n) is 4.28. The lowest BCUT2D eigenvalue weighted by Crippen LogP contribution is -2.44. The summed E-state index contributed by atoms with van der Waals surface area (Å²) in [6.45, 7) is 9.58. The summed E-state index contributed by atoms with van der Waals surface area (Å²) < 4.78 is 4.40. The molecule has 0 rings (SSSR count). The number of aldehydes is 1. The van der Waals surface area contributed by atoms with Crippen molar-refractivity contribution in [3.8, 4) is 0 Å². The van der Waals surface area contributed by atoms with E-state index in [1.165, 1.54) is 20.8 Å². The zero-order chi connectivity index (χ0) is 20.5. The van der Waals surface area contributed by atoms with E-state index in [9.17, 15) is 24.0 Å². The van der Waals surface area contributed by atoms with Gasteiger partial charge in [0.2, 0.25) is 5.78 Å². The zero-order valence-electron chi connectivity index (χ0n) is 15.6. The molecule has 8 heteroatoms.